The van der Waals surface area contributed by atoms with Gasteiger partial charge in [-0.15, -0.1) is 6.42 Å². The Labute approximate surface area is 85.1 Å². The molecule has 1 N–H and O–H groups in total. The van der Waals surface area contributed by atoms with Crippen molar-refractivity contribution < 1.29 is 9.90 Å². The molecule has 0 radical (unpaired) electrons. The van der Waals surface area contributed by atoms with Crippen molar-refractivity contribution in [3.8, 4) is 12.3 Å². The first-order valence-electron chi connectivity index (χ1n) is 4.83. The van der Waals surface area contributed by atoms with Gasteiger partial charge in [-0.3, -0.25) is 4.90 Å². The van der Waals surface area contributed by atoms with Crippen molar-refractivity contribution in [2.24, 2.45) is 11.3 Å². The fourth-order valence-electron chi connectivity index (χ4n) is 2.12. The first kappa shape index (κ1) is 10.9. The molecule has 1 rings (SSSR count). The van der Waals surface area contributed by atoms with Gasteiger partial charge in [0.1, 0.15) is 0 Å². The molecule has 0 saturated carbocycles. The van der Waals surface area contributed by atoms with Crippen LogP contribution >= 0.6 is 0 Å². The molecule has 1 aliphatic heterocycles. The monoisotopic (exact) mass is 195 g/mol. The van der Waals surface area contributed by atoms with E-state index in [1.807, 2.05) is 0 Å². The normalized spacial score (nSPS) is 27.4. The highest BCUT2D eigenvalue weighted by atomic mass is 16.4. The Morgan fingerprint density at radius 2 is 2.14 bits per heavy atom. The van der Waals surface area contributed by atoms with Gasteiger partial charge in [-0.1, -0.05) is 26.7 Å². The summed E-state index contributed by atoms with van der Waals surface area (Å²) >= 11 is 0. The van der Waals surface area contributed by atoms with E-state index < -0.39 is 6.09 Å². The second-order valence-electron chi connectivity index (χ2n) is 4.85. The summed E-state index contributed by atoms with van der Waals surface area (Å²) in [4.78, 5) is 12.2. The molecule has 3 nitrogen and oxygen atoms in total. The fourth-order valence-corrected chi connectivity index (χ4v) is 2.12. The van der Waals surface area contributed by atoms with E-state index in [1.54, 1.807) is 0 Å². The zero-order valence-electron chi connectivity index (χ0n) is 8.95. The van der Waals surface area contributed by atoms with Crippen molar-refractivity contribution in [3.05, 3.63) is 0 Å². The van der Waals surface area contributed by atoms with Gasteiger partial charge in [0.15, 0.2) is 0 Å². The summed E-state index contributed by atoms with van der Waals surface area (Å²) in [5.41, 5.74) is 0.0707. The van der Waals surface area contributed by atoms with Crippen LogP contribution in [-0.4, -0.2) is 28.7 Å². The summed E-state index contributed by atoms with van der Waals surface area (Å²) in [6.45, 7) is 6.88. The Kier molecular flexibility index (Phi) is 2.75. The summed E-state index contributed by atoms with van der Waals surface area (Å²) in [5, 5.41) is 8.93. The zero-order valence-corrected chi connectivity index (χ0v) is 8.95. The van der Waals surface area contributed by atoms with Gasteiger partial charge in [0, 0.05) is 6.54 Å². The summed E-state index contributed by atoms with van der Waals surface area (Å²) in [5.74, 6) is 2.86. The molecular formula is C11H17NO2. The lowest BCUT2D eigenvalue weighted by atomic mass is 9.76. The molecule has 1 heterocycles. The smallest absolute Gasteiger partial charge is 0.408 e. The third-order valence-electron chi connectivity index (χ3n) is 2.93. The van der Waals surface area contributed by atoms with Gasteiger partial charge in [-0.25, -0.2) is 4.79 Å². The van der Waals surface area contributed by atoms with Crippen LogP contribution in [0.25, 0.3) is 0 Å². The second-order valence-corrected chi connectivity index (χ2v) is 4.85. The summed E-state index contributed by atoms with van der Waals surface area (Å²) in [7, 11) is 0. The molecule has 0 aromatic rings. The minimum atomic E-state index is -0.903. The first-order valence-corrected chi connectivity index (χ1v) is 4.83. The minimum absolute atomic E-state index is 0.0707. The van der Waals surface area contributed by atoms with Crippen LogP contribution in [0.5, 0.6) is 0 Å². The van der Waals surface area contributed by atoms with E-state index >= 15 is 0 Å². The van der Waals surface area contributed by atoms with Gasteiger partial charge in [0.25, 0.3) is 0 Å². The molecule has 0 aromatic heterocycles. The maximum Gasteiger partial charge on any atom is 0.408 e. The highest BCUT2D eigenvalue weighted by Crippen LogP contribution is 2.38. The van der Waals surface area contributed by atoms with Gasteiger partial charge < -0.3 is 5.11 Å². The standard InChI is InChI=1S/C11H17NO2/c1-5-9-8(11(2,3)4)6-7-12(9)10(13)14/h1,8-9H,6-7H2,2-4H3,(H,13,14)/t8?,9-/m1/s1. The third-order valence-corrected chi connectivity index (χ3v) is 2.93. The molecule has 0 bridgehead atoms. The average molecular weight is 195 g/mol. The average Bonchev–Trinajstić information content (AvgIpc) is 2.45. The van der Waals surface area contributed by atoms with E-state index in [-0.39, 0.29) is 17.4 Å². The maximum atomic E-state index is 10.9. The number of rotatable bonds is 0. The van der Waals surface area contributed by atoms with Crippen molar-refractivity contribution in [3.63, 3.8) is 0 Å². The number of carbonyl (C=O) groups is 1. The van der Waals surface area contributed by atoms with Gasteiger partial charge in [0.05, 0.1) is 6.04 Å². The third kappa shape index (κ3) is 1.84. The molecule has 1 unspecified atom stereocenters. The topological polar surface area (TPSA) is 40.5 Å². The summed E-state index contributed by atoms with van der Waals surface area (Å²) in [6.07, 6.45) is 5.36. The molecule has 0 aromatic carbocycles. The lowest BCUT2D eigenvalue weighted by molar-refractivity contribution is 0.135. The molecule has 3 heteroatoms. The molecule has 1 saturated heterocycles. The molecule has 78 valence electrons. The summed E-state index contributed by atoms with van der Waals surface area (Å²) < 4.78 is 0. The predicted octanol–water partition coefficient (Wildman–Crippen LogP) is 2.03. The Hall–Kier alpha value is -1.17. The lowest BCUT2D eigenvalue weighted by Crippen LogP contribution is -2.39. The minimum Gasteiger partial charge on any atom is -0.465 e. The van der Waals surface area contributed by atoms with Crippen LogP contribution in [0.1, 0.15) is 27.2 Å². The quantitative estimate of drug-likeness (QED) is 0.601. The predicted molar refractivity (Wildman–Crippen MR) is 54.9 cm³/mol. The van der Waals surface area contributed by atoms with Crippen LogP contribution in [0.4, 0.5) is 4.79 Å². The van der Waals surface area contributed by atoms with Crippen LogP contribution in [0.3, 0.4) is 0 Å². The van der Waals surface area contributed by atoms with Crippen LogP contribution in [0.2, 0.25) is 0 Å². The van der Waals surface area contributed by atoms with E-state index in [0.717, 1.165) is 6.42 Å². The number of likely N-dealkylation sites (tertiary alicyclic amines) is 1. The first-order chi connectivity index (χ1) is 6.38. The fraction of sp³-hybridized carbons (Fsp3) is 0.727. The van der Waals surface area contributed by atoms with Crippen LogP contribution < -0.4 is 0 Å². The molecule has 0 spiro atoms. The number of hydrogen-bond acceptors (Lipinski definition) is 1. The Morgan fingerprint density at radius 1 is 1.57 bits per heavy atom. The lowest BCUT2D eigenvalue weighted by Gasteiger charge is -2.31. The van der Waals surface area contributed by atoms with Gasteiger partial charge in [-0.05, 0) is 17.8 Å². The number of nitrogens with zero attached hydrogens (tertiary/aromatic N) is 1. The number of terminal acetylenes is 1. The molecule has 1 aliphatic rings. The van der Waals surface area contributed by atoms with Crippen molar-refractivity contribution in [1.82, 2.24) is 4.90 Å². The van der Waals surface area contributed by atoms with Gasteiger partial charge in [0.2, 0.25) is 0 Å². The van der Waals surface area contributed by atoms with Crippen LogP contribution in [0, 0.1) is 23.7 Å². The number of carboxylic acid groups (broad SMARTS) is 1. The second kappa shape index (κ2) is 3.53. The zero-order chi connectivity index (χ0) is 10.9. The number of amides is 1. The maximum absolute atomic E-state index is 10.9. The van der Waals surface area contributed by atoms with Crippen molar-refractivity contribution in [2.75, 3.05) is 6.54 Å². The van der Waals surface area contributed by atoms with Gasteiger partial charge in [-0.2, -0.15) is 0 Å². The summed E-state index contributed by atoms with van der Waals surface area (Å²) in [6, 6.07) is -0.257. The molecule has 1 fully saturated rings. The molecular weight excluding hydrogens is 178 g/mol. The van der Waals surface area contributed by atoms with Crippen molar-refractivity contribution in [2.45, 2.75) is 33.2 Å². The van der Waals surface area contributed by atoms with E-state index in [1.165, 1.54) is 4.90 Å². The Morgan fingerprint density at radius 3 is 2.50 bits per heavy atom. The van der Waals surface area contributed by atoms with Crippen LogP contribution in [0.15, 0.2) is 0 Å². The highest BCUT2D eigenvalue weighted by molar-refractivity contribution is 5.66. The Bertz CT molecular complexity index is 272. The molecule has 1 amide bonds. The SMILES string of the molecule is C#C[C@@H]1C(C(C)(C)C)CCN1C(=O)O. The molecule has 0 aliphatic carbocycles. The Balaban J connectivity index is 2.86. The van der Waals surface area contributed by atoms with E-state index in [9.17, 15) is 4.79 Å². The largest absolute Gasteiger partial charge is 0.465 e. The van der Waals surface area contributed by atoms with Crippen molar-refractivity contribution in [1.29, 1.82) is 0 Å². The van der Waals surface area contributed by atoms with Crippen molar-refractivity contribution >= 4 is 6.09 Å². The van der Waals surface area contributed by atoms with Gasteiger partial charge >= 0.3 is 6.09 Å². The van der Waals surface area contributed by atoms with E-state index in [4.69, 9.17) is 11.5 Å². The van der Waals surface area contributed by atoms with E-state index in [2.05, 4.69) is 26.7 Å². The van der Waals surface area contributed by atoms with E-state index in [0.29, 0.717) is 6.54 Å². The molecule has 14 heavy (non-hydrogen) atoms. The number of hydrogen-bond donors (Lipinski definition) is 1. The van der Waals surface area contributed by atoms with Crippen LogP contribution in [-0.2, 0) is 0 Å². The highest BCUT2D eigenvalue weighted by Gasteiger charge is 2.41. The molecule has 2 atom stereocenters.